The second-order valence-electron chi connectivity index (χ2n) is 6.66. The van der Waals surface area contributed by atoms with E-state index in [-0.39, 0.29) is 12.1 Å². The van der Waals surface area contributed by atoms with Crippen LogP contribution in [0.15, 0.2) is 0 Å². The second kappa shape index (κ2) is 7.41. The van der Waals surface area contributed by atoms with Crippen molar-refractivity contribution in [2.24, 2.45) is 0 Å². The number of imidazole rings is 1. The van der Waals surface area contributed by atoms with E-state index in [1.54, 1.807) is 0 Å². The molecule has 0 amide bonds. The van der Waals surface area contributed by atoms with Crippen LogP contribution in [0.5, 0.6) is 0 Å². The molecule has 0 saturated carbocycles. The number of fused-ring (bicyclic) bond motifs is 1. The van der Waals surface area contributed by atoms with Gasteiger partial charge in [0.15, 0.2) is 0 Å². The first kappa shape index (κ1) is 16.5. The highest BCUT2D eigenvalue weighted by Crippen LogP contribution is 2.23. The van der Waals surface area contributed by atoms with Gasteiger partial charge in [0.05, 0.1) is 12.3 Å². The molecule has 1 unspecified atom stereocenters. The molecule has 0 saturated heterocycles. The van der Waals surface area contributed by atoms with Gasteiger partial charge in [0.25, 0.3) is 0 Å². The van der Waals surface area contributed by atoms with Crippen molar-refractivity contribution >= 4 is 0 Å². The Morgan fingerprint density at radius 2 is 2.10 bits per heavy atom. The number of nitrogens with zero attached hydrogens (tertiary/aromatic N) is 2. The average molecular weight is 293 g/mol. The van der Waals surface area contributed by atoms with Gasteiger partial charge >= 0.3 is 0 Å². The van der Waals surface area contributed by atoms with Crippen LogP contribution < -0.4 is 5.32 Å². The first-order valence-corrected chi connectivity index (χ1v) is 8.50. The van der Waals surface area contributed by atoms with Crippen molar-refractivity contribution in [2.75, 3.05) is 13.2 Å². The number of aromatic nitrogens is 2. The summed E-state index contributed by atoms with van der Waals surface area (Å²) in [6.45, 7) is 8.60. The Morgan fingerprint density at radius 3 is 2.81 bits per heavy atom. The number of hydrogen-bond donors (Lipinski definition) is 2. The third-order valence-corrected chi connectivity index (χ3v) is 4.68. The quantitative estimate of drug-likeness (QED) is 0.774. The molecule has 2 N–H and O–H groups in total. The van der Waals surface area contributed by atoms with Crippen LogP contribution in [0.2, 0.25) is 0 Å². The van der Waals surface area contributed by atoms with Crippen LogP contribution >= 0.6 is 0 Å². The maximum atomic E-state index is 9.63. The van der Waals surface area contributed by atoms with Crippen LogP contribution in [-0.2, 0) is 19.4 Å². The van der Waals surface area contributed by atoms with Gasteiger partial charge in [0.1, 0.15) is 5.82 Å². The van der Waals surface area contributed by atoms with E-state index in [2.05, 4.69) is 30.7 Å². The Morgan fingerprint density at radius 1 is 1.33 bits per heavy atom. The Bertz CT molecular complexity index is 455. The molecule has 4 nitrogen and oxygen atoms in total. The molecule has 1 aliphatic carbocycles. The molecule has 0 radical (unpaired) electrons. The smallest absolute Gasteiger partial charge is 0.106 e. The number of hydrogen-bond acceptors (Lipinski definition) is 3. The van der Waals surface area contributed by atoms with Gasteiger partial charge < -0.3 is 15.0 Å². The molecule has 21 heavy (non-hydrogen) atoms. The summed E-state index contributed by atoms with van der Waals surface area (Å²) in [7, 11) is 0. The van der Waals surface area contributed by atoms with E-state index in [4.69, 9.17) is 4.98 Å². The van der Waals surface area contributed by atoms with Gasteiger partial charge in [-0.25, -0.2) is 4.98 Å². The van der Waals surface area contributed by atoms with Crippen LogP contribution in [0.3, 0.4) is 0 Å². The van der Waals surface area contributed by atoms with E-state index in [1.165, 1.54) is 30.7 Å². The van der Waals surface area contributed by atoms with Gasteiger partial charge in [-0.3, -0.25) is 0 Å². The molecule has 2 rings (SSSR count). The standard InChI is InChI=1S/C17H31N3O/c1-4-11-18-17(3,13-21)10-7-12-20-14(2)19-15-8-5-6-9-16(15)20/h18,21H,4-13H2,1-3H3. The predicted octanol–water partition coefficient (Wildman–Crippen LogP) is 2.60. The fourth-order valence-electron chi connectivity index (χ4n) is 3.31. The van der Waals surface area contributed by atoms with Crippen LogP contribution in [0.25, 0.3) is 0 Å². The number of nitrogens with one attached hydrogen (secondary N) is 1. The minimum Gasteiger partial charge on any atom is -0.394 e. The molecule has 1 atom stereocenters. The SMILES string of the molecule is CCCNC(C)(CO)CCCn1c(C)nc2c1CCCC2. The first-order chi connectivity index (χ1) is 10.1. The lowest BCUT2D eigenvalue weighted by atomic mass is 9.96. The minimum absolute atomic E-state index is 0.148. The van der Waals surface area contributed by atoms with E-state index in [1.807, 2.05) is 0 Å². The molecule has 0 bridgehead atoms. The molecule has 1 aromatic heterocycles. The number of rotatable bonds is 8. The zero-order chi connectivity index (χ0) is 15.3. The van der Waals surface area contributed by atoms with Crippen LogP contribution in [0.4, 0.5) is 0 Å². The summed E-state index contributed by atoms with van der Waals surface area (Å²) in [5.41, 5.74) is 2.64. The monoisotopic (exact) mass is 293 g/mol. The summed E-state index contributed by atoms with van der Waals surface area (Å²) < 4.78 is 2.41. The third kappa shape index (κ3) is 4.07. The minimum atomic E-state index is -0.148. The van der Waals surface area contributed by atoms with Gasteiger partial charge in [-0.05, 0) is 65.3 Å². The molecule has 1 heterocycles. The van der Waals surface area contributed by atoms with E-state index >= 15 is 0 Å². The molecule has 120 valence electrons. The summed E-state index contributed by atoms with van der Waals surface area (Å²) in [6, 6.07) is 0. The van der Waals surface area contributed by atoms with Crippen molar-refractivity contribution in [3.05, 3.63) is 17.2 Å². The van der Waals surface area contributed by atoms with Crippen molar-refractivity contribution in [3.63, 3.8) is 0 Å². The lowest BCUT2D eigenvalue weighted by molar-refractivity contribution is 0.162. The third-order valence-electron chi connectivity index (χ3n) is 4.68. The molecule has 1 aliphatic rings. The molecule has 1 aromatic rings. The maximum Gasteiger partial charge on any atom is 0.106 e. The molecule has 0 aliphatic heterocycles. The van der Waals surface area contributed by atoms with Gasteiger partial charge in [-0.1, -0.05) is 6.92 Å². The van der Waals surface area contributed by atoms with E-state index in [0.717, 1.165) is 44.6 Å². The van der Waals surface area contributed by atoms with Crippen molar-refractivity contribution in [1.29, 1.82) is 0 Å². The van der Waals surface area contributed by atoms with Gasteiger partial charge in [0.2, 0.25) is 0 Å². The number of aliphatic hydroxyl groups is 1. The lowest BCUT2D eigenvalue weighted by Crippen LogP contribution is -2.46. The van der Waals surface area contributed by atoms with Crippen LogP contribution in [0.1, 0.15) is 63.2 Å². The summed E-state index contributed by atoms with van der Waals surface area (Å²) >= 11 is 0. The molecule has 0 aromatic carbocycles. The van der Waals surface area contributed by atoms with Crippen LogP contribution in [0, 0.1) is 6.92 Å². The highest BCUT2D eigenvalue weighted by atomic mass is 16.3. The fraction of sp³-hybridized carbons (Fsp3) is 0.824. The zero-order valence-corrected chi connectivity index (χ0v) is 13.9. The molecule has 4 heteroatoms. The summed E-state index contributed by atoms with van der Waals surface area (Å²) in [5, 5.41) is 13.1. The second-order valence-corrected chi connectivity index (χ2v) is 6.66. The van der Waals surface area contributed by atoms with Crippen molar-refractivity contribution in [1.82, 2.24) is 14.9 Å². The Balaban J connectivity index is 1.92. The predicted molar refractivity (Wildman–Crippen MR) is 86.6 cm³/mol. The highest BCUT2D eigenvalue weighted by Gasteiger charge is 2.23. The molecule has 0 fully saturated rings. The highest BCUT2D eigenvalue weighted by molar-refractivity contribution is 5.19. The first-order valence-electron chi connectivity index (χ1n) is 8.50. The molecular weight excluding hydrogens is 262 g/mol. The van der Waals surface area contributed by atoms with Crippen molar-refractivity contribution in [3.8, 4) is 0 Å². The maximum absolute atomic E-state index is 9.63. The van der Waals surface area contributed by atoms with Crippen molar-refractivity contribution < 1.29 is 5.11 Å². The number of aryl methyl sites for hydroxylation is 2. The van der Waals surface area contributed by atoms with Gasteiger partial charge in [-0.15, -0.1) is 0 Å². The van der Waals surface area contributed by atoms with Crippen molar-refractivity contribution in [2.45, 2.75) is 77.8 Å². The summed E-state index contributed by atoms with van der Waals surface area (Å²) in [4.78, 5) is 4.73. The van der Waals surface area contributed by atoms with Gasteiger partial charge in [-0.2, -0.15) is 0 Å². The number of aliphatic hydroxyl groups excluding tert-OH is 1. The van der Waals surface area contributed by atoms with E-state index in [9.17, 15) is 5.11 Å². The largest absolute Gasteiger partial charge is 0.394 e. The Labute approximate surface area is 129 Å². The fourth-order valence-corrected chi connectivity index (χ4v) is 3.31. The summed E-state index contributed by atoms with van der Waals surface area (Å²) in [6.07, 6.45) is 8.09. The Kier molecular flexibility index (Phi) is 5.82. The normalized spacial score (nSPS) is 17.5. The van der Waals surface area contributed by atoms with Gasteiger partial charge in [0, 0.05) is 17.8 Å². The Hall–Kier alpha value is -0.870. The molecule has 0 spiro atoms. The lowest BCUT2D eigenvalue weighted by Gasteiger charge is -2.29. The average Bonchev–Trinajstić information content (AvgIpc) is 2.81. The van der Waals surface area contributed by atoms with E-state index in [0.29, 0.717) is 0 Å². The molecular formula is C17H31N3O. The van der Waals surface area contributed by atoms with Crippen LogP contribution in [-0.4, -0.2) is 33.3 Å². The summed E-state index contributed by atoms with van der Waals surface area (Å²) in [5.74, 6) is 1.16. The van der Waals surface area contributed by atoms with E-state index < -0.39 is 0 Å². The zero-order valence-electron chi connectivity index (χ0n) is 13.9. The topological polar surface area (TPSA) is 50.1 Å².